The van der Waals surface area contributed by atoms with E-state index in [4.69, 9.17) is 27.9 Å². The Bertz CT molecular complexity index is 949. The van der Waals surface area contributed by atoms with Gasteiger partial charge in [0.05, 0.1) is 6.61 Å². The maximum Gasteiger partial charge on any atom is 0.253 e. The minimum atomic E-state index is -0.301. The van der Waals surface area contributed by atoms with Gasteiger partial charge in [0.15, 0.2) is 0 Å². The number of hydrogen-bond acceptors (Lipinski definition) is 3. The molecule has 176 valence electrons. The summed E-state index contributed by atoms with van der Waals surface area (Å²) in [6.07, 6.45) is 5.23. The SMILES string of the molecule is O=C(CC1(COc2ccc(Cl)cc2)CCN(C(=O)c2ccc(Cl)cc2)CC1)N1CCCCC1. The van der Waals surface area contributed by atoms with Gasteiger partial charge in [-0.15, -0.1) is 0 Å². The topological polar surface area (TPSA) is 49.9 Å². The van der Waals surface area contributed by atoms with Crippen LogP contribution in [-0.4, -0.2) is 54.4 Å². The normalized spacial score (nSPS) is 18.1. The fourth-order valence-electron chi connectivity index (χ4n) is 4.67. The molecule has 0 unspecified atom stereocenters. The van der Waals surface area contributed by atoms with Crippen molar-refractivity contribution in [1.29, 1.82) is 0 Å². The smallest absolute Gasteiger partial charge is 0.253 e. The Kier molecular flexibility index (Phi) is 7.82. The molecule has 0 aromatic heterocycles. The molecule has 2 aromatic carbocycles. The summed E-state index contributed by atoms with van der Waals surface area (Å²) < 4.78 is 6.14. The predicted molar refractivity (Wildman–Crippen MR) is 131 cm³/mol. The van der Waals surface area contributed by atoms with Crippen molar-refractivity contribution in [1.82, 2.24) is 9.80 Å². The molecule has 4 rings (SSSR count). The summed E-state index contributed by atoms with van der Waals surface area (Å²) in [7, 11) is 0. The van der Waals surface area contributed by atoms with Crippen LogP contribution in [0.15, 0.2) is 48.5 Å². The van der Waals surface area contributed by atoms with Crippen LogP contribution in [0.25, 0.3) is 0 Å². The third-order valence-corrected chi connectivity index (χ3v) is 7.30. The molecule has 2 fully saturated rings. The van der Waals surface area contributed by atoms with Gasteiger partial charge in [-0.25, -0.2) is 0 Å². The van der Waals surface area contributed by atoms with E-state index in [-0.39, 0.29) is 17.2 Å². The highest BCUT2D eigenvalue weighted by molar-refractivity contribution is 6.30. The molecule has 33 heavy (non-hydrogen) atoms. The van der Waals surface area contributed by atoms with Crippen LogP contribution in [0, 0.1) is 5.41 Å². The molecule has 2 aromatic rings. The number of nitrogens with zero attached hydrogens (tertiary/aromatic N) is 2. The van der Waals surface area contributed by atoms with E-state index >= 15 is 0 Å². The van der Waals surface area contributed by atoms with Crippen LogP contribution in [0.5, 0.6) is 5.75 Å². The molecular weight excluding hydrogens is 459 g/mol. The highest BCUT2D eigenvalue weighted by atomic mass is 35.5. The van der Waals surface area contributed by atoms with E-state index in [2.05, 4.69) is 0 Å². The summed E-state index contributed by atoms with van der Waals surface area (Å²) in [4.78, 5) is 30.0. The van der Waals surface area contributed by atoms with E-state index in [0.717, 1.165) is 44.5 Å². The molecule has 7 heteroatoms. The van der Waals surface area contributed by atoms with Gasteiger partial charge >= 0.3 is 0 Å². The molecule has 0 spiro atoms. The Labute approximate surface area is 205 Å². The van der Waals surface area contributed by atoms with Crippen LogP contribution < -0.4 is 4.74 Å². The number of likely N-dealkylation sites (tertiary alicyclic amines) is 2. The minimum Gasteiger partial charge on any atom is -0.493 e. The zero-order valence-electron chi connectivity index (χ0n) is 18.8. The average molecular weight is 489 g/mol. The van der Waals surface area contributed by atoms with Gasteiger partial charge in [0.2, 0.25) is 5.91 Å². The standard InChI is InChI=1S/C26H30Cl2N2O3/c27-21-6-4-20(5-7-21)25(32)30-16-12-26(13-17-30,18-24(31)29-14-2-1-3-15-29)19-33-23-10-8-22(28)9-11-23/h4-11H,1-3,12-19H2. The van der Waals surface area contributed by atoms with E-state index in [9.17, 15) is 9.59 Å². The summed E-state index contributed by atoms with van der Waals surface area (Å²) in [5.74, 6) is 0.942. The van der Waals surface area contributed by atoms with Gasteiger partial charge in [-0.2, -0.15) is 0 Å². The first kappa shape index (κ1) is 23.9. The molecule has 0 saturated carbocycles. The van der Waals surface area contributed by atoms with E-state index < -0.39 is 0 Å². The molecular formula is C26H30Cl2N2O3. The number of carbonyl (C=O) groups excluding carboxylic acids is 2. The minimum absolute atomic E-state index is 0.00115. The number of benzene rings is 2. The number of ether oxygens (including phenoxy) is 1. The molecule has 2 saturated heterocycles. The first-order valence-electron chi connectivity index (χ1n) is 11.7. The maximum absolute atomic E-state index is 13.2. The monoisotopic (exact) mass is 488 g/mol. The highest BCUT2D eigenvalue weighted by Gasteiger charge is 2.40. The van der Waals surface area contributed by atoms with Gasteiger partial charge in [0.25, 0.3) is 5.91 Å². The van der Waals surface area contributed by atoms with Gasteiger partial charge < -0.3 is 14.5 Å². The second-order valence-corrected chi connectivity index (χ2v) is 10.0. The quantitative estimate of drug-likeness (QED) is 0.523. The van der Waals surface area contributed by atoms with Crippen molar-refractivity contribution in [3.05, 3.63) is 64.1 Å². The summed E-state index contributed by atoms with van der Waals surface area (Å²) in [6, 6.07) is 14.3. The largest absolute Gasteiger partial charge is 0.493 e. The Balaban J connectivity index is 1.44. The van der Waals surface area contributed by atoms with E-state index in [1.54, 1.807) is 36.4 Å². The van der Waals surface area contributed by atoms with Crippen molar-refractivity contribution in [2.45, 2.75) is 38.5 Å². The maximum atomic E-state index is 13.2. The van der Waals surface area contributed by atoms with Crippen LogP contribution in [0.2, 0.25) is 10.0 Å². The summed E-state index contributed by atoms with van der Waals surface area (Å²) in [6.45, 7) is 3.32. The molecule has 2 heterocycles. The molecule has 0 radical (unpaired) electrons. The summed E-state index contributed by atoms with van der Waals surface area (Å²) in [5.41, 5.74) is 0.332. The third kappa shape index (κ3) is 6.21. The number of hydrogen-bond donors (Lipinski definition) is 0. The number of carbonyl (C=O) groups is 2. The Morgan fingerprint density at radius 2 is 1.36 bits per heavy atom. The summed E-state index contributed by atoms with van der Waals surface area (Å²) in [5, 5.41) is 1.27. The number of amides is 2. The van der Waals surface area contributed by atoms with Gasteiger partial charge in [0.1, 0.15) is 5.75 Å². The molecule has 0 atom stereocenters. The Morgan fingerprint density at radius 3 is 1.97 bits per heavy atom. The number of halogens is 2. The molecule has 2 aliphatic rings. The second-order valence-electron chi connectivity index (χ2n) is 9.16. The molecule has 2 aliphatic heterocycles. The lowest BCUT2D eigenvalue weighted by Gasteiger charge is -2.42. The van der Waals surface area contributed by atoms with Gasteiger partial charge in [-0.05, 0) is 80.6 Å². The molecule has 0 bridgehead atoms. The Hall–Kier alpha value is -2.24. The fourth-order valence-corrected chi connectivity index (χ4v) is 4.93. The number of rotatable bonds is 6. The van der Waals surface area contributed by atoms with Crippen molar-refractivity contribution < 1.29 is 14.3 Å². The fraction of sp³-hybridized carbons (Fsp3) is 0.462. The molecule has 5 nitrogen and oxygen atoms in total. The van der Waals surface area contributed by atoms with Crippen LogP contribution >= 0.6 is 23.2 Å². The predicted octanol–water partition coefficient (Wildman–Crippen LogP) is 5.70. The highest BCUT2D eigenvalue weighted by Crippen LogP contribution is 2.37. The average Bonchev–Trinajstić information content (AvgIpc) is 2.85. The lowest BCUT2D eigenvalue weighted by atomic mass is 9.75. The second kappa shape index (κ2) is 10.8. The Morgan fingerprint density at radius 1 is 0.788 bits per heavy atom. The first-order chi connectivity index (χ1) is 15.9. The van der Waals surface area contributed by atoms with Gasteiger partial charge in [-0.3, -0.25) is 9.59 Å². The zero-order chi connectivity index (χ0) is 23.3. The zero-order valence-corrected chi connectivity index (χ0v) is 20.3. The van der Waals surface area contributed by atoms with Crippen molar-refractivity contribution in [3.63, 3.8) is 0 Å². The first-order valence-corrected chi connectivity index (χ1v) is 12.4. The third-order valence-electron chi connectivity index (χ3n) is 6.80. The molecule has 0 N–H and O–H groups in total. The molecule has 2 amide bonds. The summed E-state index contributed by atoms with van der Waals surface area (Å²) >= 11 is 12.0. The van der Waals surface area contributed by atoms with Crippen LogP contribution in [0.1, 0.15) is 48.9 Å². The lowest BCUT2D eigenvalue weighted by molar-refractivity contribution is -0.136. The van der Waals surface area contributed by atoms with Crippen molar-refractivity contribution in [2.75, 3.05) is 32.8 Å². The van der Waals surface area contributed by atoms with Crippen LogP contribution in [0.4, 0.5) is 0 Å². The van der Waals surface area contributed by atoms with Crippen molar-refractivity contribution in [2.24, 2.45) is 5.41 Å². The molecule has 0 aliphatic carbocycles. The van der Waals surface area contributed by atoms with Crippen LogP contribution in [-0.2, 0) is 4.79 Å². The number of piperidine rings is 2. The lowest BCUT2D eigenvalue weighted by Crippen LogP contribution is -2.48. The van der Waals surface area contributed by atoms with E-state index in [0.29, 0.717) is 41.7 Å². The van der Waals surface area contributed by atoms with Crippen molar-refractivity contribution >= 4 is 35.0 Å². The van der Waals surface area contributed by atoms with Gasteiger partial charge in [-0.1, -0.05) is 23.2 Å². The van der Waals surface area contributed by atoms with Crippen molar-refractivity contribution in [3.8, 4) is 5.75 Å². The van der Waals surface area contributed by atoms with E-state index in [1.165, 1.54) is 6.42 Å². The van der Waals surface area contributed by atoms with E-state index in [1.807, 2.05) is 21.9 Å². The van der Waals surface area contributed by atoms with Crippen LogP contribution in [0.3, 0.4) is 0 Å². The van der Waals surface area contributed by atoms with Gasteiger partial charge in [0, 0.05) is 53.6 Å².